The van der Waals surface area contributed by atoms with Gasteiger partial charge in [0, 0.05) is 11.8 Å². The van der Waals surface area contributed by atoms with E-state index in [1.54, 1.807) is 17.7 Å². The third-order valence-electron chi connectivity index (χ3n) is 3.30. The van der Waals surface area contributed by atoms with Gasteiger partial charge >= 0.3 is 5.97 Å². The van der Waals surface area contributed by atoms with Gasteiger partial charge in [0.1, 0.15) is 0 Å². The maximum atomic E-state index is 11.2. The van der Waals surface area contributed by atoms with Gasteiger partial charge in [0.25, 0.3) is 0 Å². The largest absolute Gasteiger partial charge is 0.493 e. The molecule has 1 aromatic carbocycles. The van der Waals surface area contributed by atoms with Crippen molar-refractivity contribution in [1.82, 2.24) is 9.38 Å². The Bertz CT molecular complexity index is 794. The van der Waals surface area contributed by atoms with Crippen molar-refractivity contribution in [3.8, 4) is 17.0 Å². The molecule has 0 bridgehead atoms. The number of ether oxygens (including phenoxy) is 1. The minimum Gasteiger partial charge on any atom is -0.493 e. The number of aliphatic carboxylic acids is 1. The van der Waals surface area contributed by atoms with E-state index >= 15 is 0 Å². The van der Waals surface area contributed by atoms with Crippen LogP contribution in [0.2, 0.25) is 0 Å². The van der Waals surface area contributed by atoms with Gasteiger partial charge in [-0.3, -0.25) is 9.20 Å². The lowest BCUT2D eigenvalue weighted by molar-refractivity contribution is -0.136. The summed E-state index contributed by atoms with van der Waals surface area (Å²) in [5, 5.41) is 9.17. The molecule has 0 radical (unpaired) electrons. The number of nitrogens with zero attached hydrogens (tertiary/aromatic N) is 2. The lowest BCUT2D eigenvalue weighted by Gasteiger charge is -2.04. The van der Waals surface area contributed by atoms with E-state index in [1.807, 2.05) is 42.5 Å². The van der Waals surface area contributed by atoms with E-state index in [0.717, 1.165) is 5.56 Å². The summed E-state index contributed by atoms with van der Waals surface area (Å²) in [4.78, 5) is 15.8. The first-order valence-corrected chi connectivity index (χ1v) is 6.52. The Balaban J connectivity index is 2.30. The molecule has 0 saturated carbocycles. The van der Waals surface area contributed by atoms with Gasteiger partial charge in [0.15, 0.2) is 11.4 Å². The van der Waals surface area contributed by atoms with Crippen molar-refractivity contribution in [1.29, 1.82) is 0 Å². The molecular formula is C16H14N2O3. The fraction of sp³-hybridized carbons (Fsp3) is 0.125. The van der Waals surface area contributed by atoms with Crippen LogP contribution < -0.4 is 4.74 Å². The summed E-state index contributed by atoms with van der Waals surface area (Å²) in [5.41, 5.74) is 2.82. The third kappa shape index (κ3) is 2.33. The van der Waals surface area contributed by atoms with Gasteiger partial charge in [0.05, 0.1) is 24.9 Å². The third-order valence-corrected chi connectivity index (χ3v) is 3.30. The monoisotopic (exact) mass is 282 g/mol. The molecule has 2 aromatic heterocycles. The maximum Gasteiger partial charge on any atom is 0.309 e. The van der Waals surface area contributed by atoms with Gasteiger partial charge in [-0.15, -0.1) is 0 Å². The average molecular weight is 282 g/mol. The van der Waals surface area contributed by atoms with Crippen molar-refractivity contribution in [3.05, 3.63) is 54.4 Å². The highest BCUT2D eigenvalue weighted by atomic mass is 16.5. The molecule has 0 saturated heterocycles. The zero-order valence-corrected chi connectivity index (χ0v) is 11.5. The zero-order chi connectivity index (χ0) is 14.8. The molecule has 0 aliphatic rings. The van der Waals surface area contributed by atoms with E-state index < -0.39 is 5.97 Å². The van der Waals surface area contributed by atoms with Gasteiger partial charge < -0.3 is 9.84 Å². The van der Waals surface area contributed by atoms with E-state index in [2.05, 4.69) is 4.98 Å². The molecule has 0 fully saturated rings. The molecular weight excluding hydrogens is 268 g/mol. The second-order valence-corrected chi connectivity index (χ2v) is 4.61. The summed E-state index contributed by atoms with van der Waals surface area (Å²) in [6.45, 7) is 0. The number of imidazole rings is 1. The Hall–Kier alpha value is -2.82. The quantitative estimate of drug-likeness (QED) is 0.799. The number of benzene rings is 1. The predicted molar refractivity (Wildman–Crippen MR) is 78.5 cm³/mol. The summed E-state index contributed by atoms with van der Waals surface area (Å²) in [5.74, 6) is -0.275. The van der Waals surface area contributed by atoms with Gasteiger partial charge in [-0.25, -0.2) is 4.98 Å². The molecule has 5 nitrogen and oxygen atoms in total. The van der Waals surface area contributed by atoms with Crippen LogP contribution in [-0.2, 0) is 11.2 Å². The van der Waals surface area contributed by atoms with Gasteiger partial charge in [-0.1, -0.05) is 30.3 Å². The fourth-order valence-electron chi connectivity index (χ4n) is 2.39. The number of pyridine rings is 1. The second kappa shape index (κ2) is 5.28. The average Bonchev–Trinajstić information content (AvgIpc) is 2.86. The number of hydrogen-bond donors (Lipinski definition) is 1. The van der Waals surface area contributed by atoms with Crippen LogP contribution in [0.5, 0.6) is 5.75 Å². The number of carboxylic acid groups (broad SMARTS) is 1. The molecule has 0 spiro atoms. The number of fused-ring (bicyclic) bond motifs is 1. The number of rotatable bonds is 4. The Morgan fingerprint density at radius 3 is 2.67 bits per heavy atom. The molecule has 0 atom stereocenters. The summed E-state index contributed by atoms with van der Waals surface area (Å²) in [7, 11) is 1.57. The summed E-state index contributed by atoms with van der Waals surface area (Å²) >= 11 is 0. The first-order valence-electron chi connectivity index (χ1n) is 6.52. The van der Waals surface area contributed by atoms with Crippen LogP contribution in [-0.4, -0.2) is 27.6 Å². The van der Waals surface area contributed by atoms with Crippen LogP contribution in [0.15, 0.2) is 48.7 Å². The van der Waals surface area contributed by atoms with E-state index in [9.17, 15) is 9.90 Å². The van der Waals surface area contributed by atoms with E-state index in [4.69, 9.17) is 4.74 Å². The van der Waals surface area contributed by atoms with Crippen LogP contribution in [0.3, 0.4) is 0 Å². The molecule has 5 heteroatoms. The SMILES string of the molecule is COc1cccn2c(CC(=O)O)c(-c3ccccc3)nc12. The molecule has 2 heterocycles. The van der Waals surface area contributed by atoms with E-state index in [0.29, 0.717) is 22.8 Å². The van der Waals surface area contributed by atoms with Crippen molar-refractivity contribution in [3.63, 3.8) is 0 Å². The second-order valence-electron chi connectivity index (χ2n) is 4.61. The minimum absolute atomic E-state index is 0.0986. The van der Waals surface area contributed by atoms with Crippen LogP contribution in [0.4, 0.5) is 0 Å². The summed E-state index contributed by atoms with van der Waals surface area (Å²) in [6.07, 6.45) is 1.70. The Kier molecular flexibility index (Phi) is 3.31. The van der Waals surface area contributed by atoms with E-state index in [-0.39, 0.29) is 6.42 Å². The summed E-state index contributed by atoms with van der Waals surface area (Å²) in [6, 6.07) is 13.2. The minimum atomic E-state index is -0.892. The molecule has 21 heavy (non-hydrogen) atoms. The van der Waals surface area contributed by atoms with Crippen molar-refractivity contribution < 1.29 is 14.6 Å². The molecule has 3 aromatic rings. The van der Waals surface area contributed by atoms with Gasteiger partial charge in [-0.2, -0.15) is 0 Å². The highest BCUT2D eigenvalue weighted by Gasteiger charge is 2.18. The van der Waals surface area contributed by atoms with E-state index in [1.165, 1.54) is 0 Å². The molecule has 0 aliphatic heterocycles. The smallest absolute Gasteiger partial charge is 0.309 e. The molecule has 0 amide bonds. The van der Waals surface area contributed by atoms with Crippen LogP contribution in [0.25, 0.3) is 16.9 Å². The maximum absolute atomic E-state index is 11.2. The highest BCUT2D eigenvalue weighted by molar-refractivity contribution is 5.77. The first-order chi connectivity index (χ1) is 10.2. The molecule has 106 valence electrons. The number of carboxylic acids is 1. The molecule has 0 aliphatic carbocycles. The van der Waals surface area contributed by atoms with Crippen molar-refractivity contribution in [2.45, 2.75) is 6.42 Å². The fourth-order valence-corrected chi connectivity index (χ4v) is 2.39. The highest BCUT2D eigenvalue weighted by Crippen LogP contribution is 2.28. The van der Waals surface area contributed by atoms with Crippen molar-refractivity contribution in [2.75, 3.05) is 7.11 Å². The van der Waals surface area contributed by atoms with Crippen molar-refractivity contribution in [2.24, 2.45) is 0 Å². The Morgan fingerprint density at radius 1 is 1.24 bits per heavy atom. The number of aromatic nitrogens is 2. The normalized spacial score (nSPS) is 10.7. The number of carbonyl (C=O) groups is 1. The standard InChI is InChI=1S/C16H14N2O3/c1-21-13-8-5-9-18-12(10-14(19)20)15(17-16(13)18)11-6-3-2-4-7-11/h2-9H,10H2,1H3,(H,19,20). The van der Waals surface area contributed by atoms with Crippen LogP contribution >= 0.6 is 0 Å². The summed E-state index contributed by atoms with van der Waals surface area (Å²) < 4.78 is 7.08. The number of hydrogen-bond acceptors (Lipinski definition) is 3. The predicted octanol–water partition coefficient (Wildman–Crippen LogP) is 2.64. The lowest BCUT2D eigenvalue weighted by atomic mass is 10.1. The van der Waals surface area contributed by atoms with Gasteiger partial charge in [-0.05, 0) is 12.1 Å². The molecule has 0 unspecified atom stereocenters. The molecule has 1 N–H and O–H groups in total. The zero-order valence-electron chi connectivity index (χ0n) is 11.5. The van der Waals surface area contributed by atoms with Crippen molar-refractivity contribution >= 4 is 11.6 Å². The molecule has 3 rings (SSSR count). The van der Waals surface area contributed by atoms with Crippen LogP contribution in [0.1, 0.15) is 5.69 Å². The van der Waals surface area contributed by atoms with Crippen LogP contribution in [0, 0.1) is 0 Å². The topological polar surface area (TPSA) is 63.8 Å². The lowest BCUT2D eigenvalue weighted by Crippen LogP contribution is -2.04. The Morgan fingerprint density at radius 2 is 2.00 bits per heavy atom. The van der Waals surface area contributed by atoms with Gasteiger partial charge in [0.2, 0.25) is 0 Å². The first kappa shape index (κ1) is 13.2. The number of methoxy groups -OCH3 is 1. The Labute approximate surface area is 121 Å².